The van der Waals surface area contributed by atoms with Gasteiger partial charge in [-0.05, 0) is 58.8 Å². The Morgan fingerprint density at radius 2 is 1.92 bits per heavy atom. The molecule has 0 amide bonds. The smallest absolute Gasteiger partial charge is 0.225 e. The maximum Gasteiger partial charge on any atom is 0.225 e. The van der Waals surface area contributed by atoms with Gasteiger partial charge in [0, 0.05) is 10.9 Å². The lowest BCUT2D eigenvalue weighted by Gasteiger charge is -2.32. The van der Waals surface area contributed by atoms with Gasteiger partial charge in [-0.25, -0.2) is 9.97 Å². The molecule has 0 saturated heterocycles. The second-order valence-electron chi connectivity index (χ2n) is 6.16. The van der Waals surface area contributed by atoms with Crippen LogP contribution in [0.15, 0.2) is 12.4 Å². The number of fused-ring (bicyclic) bond motifs is 1. The first-order valence-electron chi connectivity index (χ1n) is 8.94. The molecule has 0 spiro atoms. The summed E-state index contributed by atoms with van der Waals surface area (Å²) in [4.78, 5) is 13.3. The van der Waals surface area contributed by atoms with Crippen molar-refractivity contribution in [2.24, 2.45) is 5.73 Å². The van der Waals surface area contributed by atoms with Crippen molar-refractivity contribution in [3.8, 4) is 5.88 Å². The monoisotopic (exact) mass is 350 g/mol. The number of hydrogen-bond acceptors (Lipinski definition) is 6. The number of ether oxygens (including phenoxy) is 1. The van der Waals surface area contributed by atoms with E-state index in [1.165, 1.54) is 17.7 Å². The summed E-state index contributed by atoms with van der Waals surface area (Å²) in [5.41, 5.74) is 5.64. The molecule has 6 heteroatoms. The predicted molar refractivity (Wildman–Crippen MR) is 102 cm³/mol. The number of thiophene rings is 1. The summed E-state index contributed by atoms with van der Waals surface area (Å²) >= 11 is 1.68. The van der Waals surface area contributed by atoms with Crippen LogP contribution in [0.3, 0.4) is 0 Å². The van der Waals surface area contributed by atoms with Gasteiger partial charge in [-0.15, -0.1) is 11.3 Å². The Hall–Kier alpha value is -1.24. The van der Waals surface area contributed by atoms with Crippen LogP contribution in [0, 0.1) is 0 Å². The molecule has 134 valence electrons. The molecule has 0 aliphatic heterocycles. The zero-order valence-corrected chi connectivity index (χ0v) is 16.1. The fourth-order valence-electron chi connectivity index (χ4n) is 3.08. The van der Waals surface area contributed by atoms with E-state index in [2.05, 4.69) is 35.0 Å². The maximum atomic E-state index is 6.19. The van der Waals surface area contributed by atoms with Crippen LogP contribution in [0.4, 0.5) is 0 Å². The second-order valence-corrected chi connectivity index (χ2v) is 7.28. The van der Waals surface area contributed by atoms with Crippen molar-refractivity contribution in [2.45, 2.75) is 58.1 Å². The quantitative estimate of drug-likeness (QED) is 0.894. The van der Waals surface area contributed by atoms with Crippen molar-refractivity contribution in [3.63, 3.8) is 0 Å². The summed E-state index contributed by atoms with van der Waals surface area (Å²) in [6.45, 7) is 4.66. The van der Waals surface area contributed by atoms with Crippen LogP contribution in [0.5, 0.6) is 5.88 Å². The molecule has 2 N–H and O–H groups in total. The topological polar surface area (TPSA) is 64.3 Å². The third kappa shape index (κ3) is 4.65. The fourth-order valence-corrected chi connectivity index (χ4v) is 4.08. The van der Waals surface area contributed by atoms with Gasteiger partial charge in [-0.3, -0.25) is 0 Å². The van der Waals surface area contributed by atoms with Crippen LogP contribution < -0.4 is 10.5 Å². The molecule has 1 saturated carbocycles. The first-order chi connectivity index (χ1) is 11.7. The summed E-state index contributed by atoms with van der Waals surface area (Å²) in [5.74, 6) is 0.734. The van der Waals surface area contributed by atoms with Gasteiger partial charge in [0.15, 0.2) is 0 Å². The molecule has 24 heavy (non-hydrogen) atoms. The van der Waals surface area contributed by atoms with E-state index in [0.29, 0.717) is 12.6 Å². The van der Waals surface area contributed by atoms with Crippen LogP contribution >= 0.6 is 11.3 Å². The van der Waals surface area contributed by atoms with Crippen LogP contribution in [0.2, 0.25) is 0 Å². The molecule has 0 radical (unpaired) electrons. The highest BCUT2D eigenvalue weighted by Crippen LogP contribution is 2.32. The summed E-state index contributed by atoms with van der Waals surface area (Å²) in [6, 6.07) is 2.82. The highest BCUT2D eigenvalue weighted by atomic mass is 32.1. The highest BCUT2D eigenvalue weighted by molar-refractivity contribution is 7.18. The van der Waals surface area contributed by atoms with Crippen molar-refractivity contribution in [2.75, 3.05) is 20.6 Å². The third-order valence-corrected chi connectivity index (χ3v) is 5.49. The minimum Gasteiger partial charge on any atom is -0.474 e. The largest absolute Gasteiger partial charge is 0.474 e. The van der Waals surface area contributed by atoms with Gasteiger partial charge >= 0.3 is 0 Å². The number of aromatic nitrogens is 2. The van der Waals surface area contributed by atoms with E-state index < -0.39 is 0 Å². The van der Waals surface area contributed by atoms with Crippen molar-refractivity contribution >= 4 is 21.6 Å². The predicted octanol–water partition coefficient (Wildman–Crippen LogP) is 3.47. The van der Waals surface area contributed by atoms with Crippen LogP contribution in [0.1, 0.15) is 44.4 Å². The summed E-state index contributed by atoms with van der Waals surface area (Å²) in [7, 11) is 4.31. The summed E-state index contributed by atoms with van der Waals surface area (Å²) in [5, 5.41) is 1.03. The average molecular weight is 351 g/mol. The molecular formula is C18H30N4OS. The van der Waals surface area contributed by atoms with E-state index in [-0.39, 0.29) is 6.10 Å². The van der Waals surface area contributed by atoms with Crippen molar-refractivity contribution in [3.05, 3.63) is 17.3 Å². The molecule has 2 aromatic rings. The van der Waals surface area contributed by atoms with Gasteiger partial charge in [0.25, 0.3) is 0 Å². The molecule has 2 heterocycles. The average Bonchev–Trinajstić information content (AvgIpc) is 3.01. The Morgan fingerprint density at radius 1 is 1.21 bits per heavy atom. The first-order valence-corrected chi connectivity index (χ1v) is 9.75. The lowest BCUT2D eigenvalue weighted by atomic mass is 9.92. The summed E-state index contributed by atoms with van der Waals surface area (Å²) < 4.78 is 6.19. The van der Waals surface area contributed by atoms with Gasteiger partial charge < -0.3 is 15.4 Å². The zero-order valence-electron chi connectivity index (χ0n) is 15.3. The van der Waals surface area contributed by atoms with E-state index in [0.717, 1.165) is 35.4 Å². The molecule has 3 rings (SSSR count). The van der Waals surface area contributed by atoms with E-state index in [4.69, 9.17) is 10.5 Å². The molecular weight excluding hydrogens is 320 g/mol. The molecule has 0 bridgehead atoms. The van der Waals surface area contributed by atoms with Gasteiger partial charge in [-0.2, -0.15) is 0 Å². The van der Waals surface area contributed by atoms with Gasteiger partial charge in [0.1, 0.15) is 17.3 Å². The molecule has 1 aliphatic rings. The van der Waals surface area contributed by atoms with Gasteiger partial charge in [-0.1, -0.05) is 13.8 Å². The van der Waals surface area contributed by atoms with E-state index in [1.54, 1.807) is 17.7 Å². The van der Waals surface area contributed by atoms with E-state index >= 15 is 0 Å². The lowest BCUT2D eigenvalue weighted by Crippen LogP contribution is -2.35. The number of nitrogens with zero attached hydrogens (tertiary/aromatic N) is 3. The Kier molecular flexibility index (Phi) is 7.40. The van der Waals surface area contributed by atoms with Crippen LogP contribution in [-0.4, -0.2) is 47.7 Å². The molecule has 5 nitrogen and oxygen atoms in total. The van der Waals surface area contributed by atoms with Gasteiger partial charge in [0.2, 0.25) is 5.88 Å². The standard InChI is InChI=1S/C16H24N4OS.C2H6/c1-20(2)11-3-5-12(6-4-11)21-15-14-9-13(7-8-17)22-16(14)19-10-18-15;1-2/h9-12H,3-8,17H2,1-2H3;1-2H3. The second kappa shape index (κ2) is 9.30. The number of nitrogens with two attached hydrogens (primary N) is 1. The molecule has 0 unspecified atom stereocenters. The molecule has 2 aromatic heterocycles. The molecule has 1 aliphatic carbocycles. The summed E-state index contributed by atoms with van der Waals surface area (Å²) in [6.07, 6.45) is 7.32. The van der Waals surface area contributed by atoms with Crippen LogP contribution in [0.25, 0.3) is 10.2 Å². The van der Waals surface area contributed by atoms with Crippen molar-refractivity contribution < 1.29 is 4.74 Å². The van der Waals surface area contributed by atoms with Crippen molar-refractivity contribution in [1.29, 1.82) is 0 Å². The Bertz CT molecular complexity index is 621. The Balaban J connectivity index is 0.00000100. The van der Waals surface area contributed by atoms with E-state index in [9.17, 15) is 0 Å². The molecule has 1 fully saturated rings. The minimum atomic E-state index is 0.271. The zero-order chi connectivity index (χ0) is 17.5. The fraction of sp³-hybridized carbons (Fsp3) is 0.667. The van der Waals surface area contributed by atoms with Gasteiger partial charge in [0.05, 0.1) is 5.39 Å². The number of rotatable bonds is 5. The molecule has 0 aromatic carbocycles. The SMILES string of the molecule is CC.CN(C)C1CCC(Oc2ncnc3sc(CCN)cc23)CC1. The minimum absolute atomic E-state index is 0.271. The highest BCUT2D eigenvalue weighted by Gasteiger charge is 2.24. The van der Waals surface area contributed by atoms with E-state index in [1.807, 2.05) is 13.8 Å². The van der Waals surface area contributed by atoms with Crippen LogP contribution in [-0.2, 0) is 6.42 Å². The normalized spacial score (nSPS) is 20.8. The van der Waals surface area contributed by atoms with Crippen molar-refractivity contribution in [1.82, 2.24) is 14.9 Å². The Morgan fingerprint density at radius 3 is 2.54 bits per heavy atom. The lowest BCUT2D eigenvalue weighted by molar-refractivity contribution is 0.108. The third-order valence-electron chi connectivity index (χ3n) is 4.39. The first kappa shape index (κ1) is 19.1. The molecule has 0 atom stereocenters. The number of hydrogen-bond donors (Lipinski definition) is 1. The Labute approximate surface area is 149 Å². The maximum absolute atomic E-state index is 6.19.